The lowest BCUT2D eigenvalue weighted by Gasteiger charge is -2.33. The summed E-state index contributed by atoms with van der Waals surface area (Å²) in [6, 6.07) is 0.381. The number of amides is 1. The van der Waals surface area contributed by atoms with Gasteiger partial charge < -0.3 is 16.0 Å². The number of rotatable bonds is 3. The van der Waals surface area contributed by atoms with Gasteiger partial charge in [-0.25, -0.2) is 0 Å². The molecule has 1 aromatic heterocycles. The van der Waals surface area contributed by atoms with Crippen LogP contribution in [-0.2, 0) is 7.05 Å². The molecule has 6 heteroatoms. The molecule has 1 aliphatic rings. The molecular weight excluding hydrogens is 230 g/mol. The van der Waals surface area contributed by atoms with E-state index in [1.807, 2.05) is 21.0 Å². The molecule has 100 valence electrons. The highest BCUT2D eigenvalue weighted by Gasteiger charge is 2.26. The minimum Gasteiger partial charge on any atom is -0.365 e. The van der Waals surface area contributed by atoms with Gasteiger partial charge >= 0.3 is 0 Å². The van der Waals surface area contributed by atoms with Gasteiger partial charge in [-0.3, -0.25) is 9.48 Å². The molecule has 1 aromatic rings. The number of hydrogen-bond donors (Lipinski definition) is 2. The Bertz CT molecular complexity index is 448. The number of nitrogens with zero attached hydrogens (tertiary/aromatic N) is 3. The highest BCUT2D eigenvalue weighted by Crippen LogP contribution is 2.25. The zero-order chi connectivity index (χ0) is 13.3. The molecule has 2 rings (SSSR count). The van der Waals surface area contributed by atoms with Crippen molar-refractivity contribution in [1.29, 1.82) is 0 Å². The summed E-state index contributed by atoms with van der Waals surface area (Å²) < 4.78 is 1.74. The predicted octanol–water partition coefficient (Wildman–Crippen LogP) is 0.0156. The summed E-state index contributed by atoms with van der Waals surface area (Å²) in [5.74, 6) is 0.403. The second kappa shape index (κ2) is 4.97. The number of aromatic nitrogens is 2. The number of carbonyl (C=O) groups is 1. The van der Waals surface area contributed by atoms with E-state index < -0.39 is 5.91 Å². The Morgan fingerprint density at radius 2 is 2.33 bits per heavy atom. The number of piperidine rings is 1. The Morgan fingerprint density at radius 3 is 2.89 bits per heavy atom. The van der Waals surface area contributed by atoms with Crippen molar-refractivity contribution < 1.29 is 4.79 Å². The van der Waals surface area contributed by atoms with Gasteiger partial charge in [0.15, 0.2) is 0 Å². The second-order valence-electron chi connectivity index (χ2n) is 4.88. The first-order chi connectivity index (χ1) is 8.52. The summed E-state index contributed by atoms with van der Waals surface area (Å²) in [7, 11) is 3.85. The van der Waals surface area contributed by atoms with Crippen LogP contribution in [0.5, 0.6) is 0 Å². The van der Waals surface area contributed by atoms with Crippen LogP contribution in [0.3, 0.4) is 0 Å². The molecule has 1 unspecified atom stereocenters. The number of aryl methyl sites for hydroxylation is 2. The topological polar surface area (TPSA) is 76.2 Å². The van der Waals surface area contributed by atoms with Crippen LogP contribution in [-0.4, -0.2) is 41.9 Å². The highest BCUT2D eigenvalue weighted by molar-refractivity contribution is 5.99. The van der Waals surface area contributed by atoms with Gasteiger partial charge in [-0.2, -0.15) is 5.10 Å². The summed E-state index contributed by atoms with van der Waals surface area (Å²) >= 11 is 0. The summed E-state index contributed by atoms with van der Waals surface area (Å²) in [6.07, 6.45) is 2.27. The van der Waals surface area contributed by atoms with Gasteiger partial charge in [0.2, 0.25) is 0 Å². The minimum atomic E-state index is -0.411. The average molecular weight is 251 g/mol. The Morgan fingerprint density at radius 1 is 1.61 bits per heavy atom. The lowest BCUT2D eigenvalue weighted by atomic mass is 10.1. The molecule has 1 fully saturated rings. The number of likely N-dealkylation sites (N-methyl/N-ethyl adjacent to an activating group) is 1. The molecule has 0 aliphatic carbocycles. The third-order valence-electron chi connectivity index (χ3n) is 3.59. The van der Waals surface area contributed by atoms with E-state index in [4.69, 9.17) is 5.73 Å². The van der Waals surface area contributed by atoms with Crippen molar-refractivity contribution in [2.24, 2.45) is 12.8 Å². The number of anilines is 1. The van der Waals surface area contributed by atoms with E-state index in [9.17, 15) is 4.79 Å². The third-order valence-corrected chi connectivity index (χ3v) is 3.59. The first kappa shape index (κ1) is 12.9. The fourth-order valence-electron chi connectivity index (χ4n) is 2.68. The van der Waals surface area contributed by atoms with Gasteiger partial charge in [-0.15, -0.1) is 0 Å². The van der Waals surface area contributed by atoms with Gasteiger partial charge in [0.05, 0.1) is 5.69 Å². The van der Waals surface area contributed by atoms with Gasteiger partial charge in [-0.05, 0) is 26.3 Å². The summed E-state index contributed by atoms with van der Waals surface area (Å²) in [5, 5.41) is 7.67. The van der Waals surface area contributed by atoms with Crippen LogP contribution in [0.2, 0.25) is 0 Å². The number of nitrogens with two attached hydrogens (primary N) is 1. The van der Waals surface area contributed by atoms with E-state index >= 15 is 0 Å². The average Bonchev–Trinajstić information content (AvgIpc) is 2.64. The standard InChI is InChI=1S/C12H21N5O/c1-8-10(11(13)18)12(17(3)15-8)16(2)9-5-4-6-14-7-9/h9,14H,4-7H2,1-3H3,(H2,13,18). The summed E-state index contributed by atoms with van der Waals surface area (Å²) in [4.78, 5) is 13.7. The molecule has 1 amide bonds. The van der Waals surface area contributed by atoms with Crippen molar-refractivity contribution in [2.75, 3.05) is 25.0 Å². The Kier molecular flexibility index (Phi) is 3.56. The minimum absolute atomic E-state index is 0.381. The van der Waals surface area contributed by atoms with Crippen molar-refractivity contribution in [1.82, 2.24) is 15.1 Å². The van der Waals surface area contributed by atoms with Gasteiger partial charge in [0, 0.05) is 26.7 Å². The number of carbonyl (C=O) groups excluding carboxylic acids is 1. The molecule has 6 nitrogen and oxygen atoms in total. The molecule has 1 saturated heterocycles. The van der Waals surface area contributed by atoms with Crippen molar-refractivity contribution in [3.63, 3.8) is 0 Å². The Balaban J connectivity index is 2.34. The predicted molar refractivity (Wildman–Crippen MR) is 70.8 cm³/mol. The maximum absolute atomic E-state index is 11.6. The fourth-order valence-corrected chi connectivity index (χ4v) is 2.68. The first-order valence-corrected chi connectivity index (χ1v) is 6.29. The molecule has 0 aromatic carbocycles. The molecule has 0 spiro atoms. The largest absolute Gasteiger partial charge is 0.365 e. The Hall–Kier alpha value is -1.56. The summed E-state index contributed by atoms with van der Waals surface area (Å²) in [5.41, 5.74) is 6.68. The van der Waals surface area contributed by atoms with Crippen molar-refractivity contribution in [3.05, 3.63) is 11.3 Å². The second-order valence-corrected chi connectivity index (χ2v) is 4.88. The summed E-state index contributed by atoms with van der Waals surface area (Å²) in [6.45, 7) is 3.81. The number of primary amides is 1. The SMILES string of the molecule is Cc1nn(C)c(N(C)C2CCCNC2)c1C(N)=O. The van der Waals surface area contributed by atoms with Crippen molar-refractivity contribution >= 4 is 11.7 Å². The first-order valence-electron chi connectivity index (χ1n) is 6.29. The van der Waals surface area contributed by atoms with E-state index in [0.29, 0.717) is 17.3 Å². The smallest absolute Gasteiger partial charge is 0.254 e. The molecule has 1 aliphatic heterocycles. The van der Waals surface area contributed by atoms with Crippen molar-refractivity contribution in [2.45, 2.75) is 25.8 Å². The lowest BCUT2D eigenvalue weighted by molar-refractivity contribution is 0.1000. The van der Waals surface area contributed by atoms with Gasteiger partial charge in [-0.1, -0.05) is 0 Å². The quantitative estimate of drug-likeness (QED) is 0.794. The third kappa shape index (κ3) is 2.20. The fraction of sp³-hybridized carbons (Fsp3) is 0.667. The van der Waals surface area contributed by atoms with Crippen LogP contribution in [0.1, 0.15) is 28.9 Å². The van der Waals surface area contributed by atoms with Gasteiger partial charge in [0.1, 0.15) is 11.4 Å². The van der Waals surface area contributed by atoms with Crippen LogP contribution in [0.25, 0.3) is 0 Å². The monoisotopic (exact) mass is 251 g/mol. The normalized spacial score (nSPS) is 19.8. The maximum atomic E-state index is 11.6. The van der Waals surface area contributed by atoms with Gasteiger partial charge in [0.25, 0.3) is 5.91 Å². The van der Waals surface area contributed by atoms with Crippen LogP contribution < -0.4 is 16.0 Å². The number of nitrogens with one attached hydrogen (secondary N) is 1. The van der Waals surface area contributed by atoms with Crippen LogP contribution in [0.15, 0.2) is 0 Å². The molecule has 1 atom stereocenters. The van der Waals surface area contributed by atoms with E-state index in [0.717, 1.165) is 31.7 Å². The molecule has 18 heavy (non-hydrogen) atoms. The van der Waals surface area contributed by atoms with Crippen LogP contribution in [0.4, 0.5) is 5.82 Å². The molecule has 0 saturated carbocycles. The maximum Gasteiger partial charge on any atom is 0.254 e. The highest BCUT2D eigenvalue weighted by atomic mass is 16.1. The number of hydrogen-bond acceptors (Lipinski definition) is 4. The molecular formula is C12H21N5O. The molecule has 3 N–H and O–H groups in total. The Labute approximate surface area is 107 Å². The van der Waals surface area contributed by atoms with E-state index in [1.165, 1.54) is 0 Å². The van der Waals surface area contributed by atoms with Crippen LogP contribution >= 0.6 is 0 Å². The van der Waals surface area contributed by atoms with E-state index in [-0.39, 0.29) is 0 Å². The van der Waals surface area contributed by atoms with Crippen LogP contribution in [0, 0.1) is 6.92 Å². The molecule has 0 bridgehead atoms. The lowest BCUT2D eigenvalue weighted by Crippen LogP contribution is -2.45. The van der Waals surface area contributed by atoms with Crippen molar-refractivity contribution in [3.8, 4) is 0 Å². The zero-order valence-corrected chi connectivity index (χ0v) is 11.2. The van der Waals surface area contributed by atoms with E-state index in [1.54, 1.807) is 4.68 Å². The molecule has 0 radical (unpaired) electrons. The van der Waals surface area contributed by atoms with E-state index in [2.05, 4.69) is 15.3 Å². The molecule has 2 heterocycles. The zero-order valence-electron chi connectivity index (χ0n) is 11.2.